The van der Waals surface area contributed by atoms with E-state index in [4.69, 9.17) is 5.73 Å². The molecule has 1 aliphatic carbocycles. The van der Waals surface area contributed by atoms with Crippen molar-refractivity contribution in [2.75, 3.05) is 12.0 Å². The molecule has 0 aliphatic heterocycles. The molecule has 1 heterocycles. The minimum Gasteiger partial charge on any atom is -0.321 e. The molecule has 5 nitrogen and oxygen atoms in total. The Morgan fingerprint density at radius 2 is 2.30 bits per heavy atom. The molecule has 0 saturated heterocycles. The normalized spacial score (nSPS) is 20.2. The maximum atomic E-state index is 12.4. The van der Waals surface area contributed by atoms with Gasteiger partial charge in [0.2, 0.25) is 0 Å². The Hall–Kier alpha value is -1.27. The summed E-state index contributed by atoms with van der Waals surface area (Å²) in [5, 5.41) is 0. The number of ketones is 1. The topological polar surface area (TPSA) is 90.1 Å². The molecule has 1 aromatic rings. The van der Waals surface area contributed by atoms with Gasteiger partial charge in [-0.05, 0) is 37.3 Å². The first-order valence-electron chi connectivity index (χ1n) is 6.79. The largest absolute Gasteiger partial charge is 0.321 e. The van der Waals surface area contributed by atoms with E-state index in [0.29, 0.717) is 0 Å². The molecule has 20 heavy (non-hydrogen) atoms. The molecule has 0 spiro atoms. The first-order valence-corrected chi connectivity index (χ1v) is 8.85. The molecule has 1 aliphatic rings. The molecule has 1 aromatic heterocycles. The van der Waals surface area contributed by atoms with Crippen molar-refractivity contribution < 1.29 is 13.2 Å². The van der Waals surface area contributed by atoms with Crippen molar-refractivity contribution in [1.29, 1.82) is 0 Å². The van der Waals surface area contributed by atoms with Gasteiger partial charge in [-0.25, -0.2) is 8.42 Å². The van der Waals surface area contributed by atoms with Gasteiger partial charge in [0.15, 0.2) is 5.78 Å². The molecule has 110 valence electrons. The fourth-order valence-electron chi connectivity index (χ4n) is 2.63. The van der Waals surface area contributed by atoms with Crippen molar-refractivity contribution >= 4 is 15.6 Å². The molecule has 0 bridgehead atoms. The van der Waals surface area contributed by atoms with E-state index in [9.17, 15) is 13.2 Å². The van der Waals surface area contributed by atoms with Crippen molar-refractivity contribution in [2.24, 2.45) is 5.73 Å². The van der Waals surface area contributed by atoms with E-state index >= 15 is 0 Å². The van der Waals surface area contributed by atoms with E-state index < -0.39 is 15.9 Å². The van der Waals surface area contributed by atoms with Gasteiger partial charge in [0.1, 0.15) is 9.84 Å². The summed E-state index contributed by atoms with van der Waals surface area (Å²) in [5.41, 5.74) is 7.79. The molecule has 2 atom stereocenters. The molecule has 0 aromatic carbocycles. The number of rotatable bonds is 5. The lowest BCUT2D eigenvalue weighted by Gasteiger charge is -2.25. The second-order valence-corrected chi connectivity index (χ2v) is 7.68. The standard InChI is InChI=1S/C14H20N2O3S/c1-20(18,19)9-7-12(15)14(17)11-6-2-4-10-5-3-8-16-13(10)11/h3,5,8,11-12H,2,4,6-7,9,15H2,1H3. The Balaban J connectivity index is 2.10. The SMILES string of the molecule is CS(=O)(=O)CCC(N)C(=O)C1CCCc2cccnc21. The van der Waals surface area contributed by atoms with Crippen molar-refractivity contribution in [3.8, 4) is 0 Å². The average molecular weight is 296 g/mol. The Labute approximate surface area is 119 Å². The fraction of sp³-hybridized carbons (Fsp3) is 0.571. The summed E-state index contributed by atoms with van der Waals surface area (Å²) in [6, 6.07) is 3.13. The Morgan fingerprint density at radius 1 is 1.55 bits per heavy atom. The number of fused-ring (bicyclic) bond motifs is 1. The van der Waals surface area contributed by atoms with Gasteiger partial charge in [-0.15, -0.1) is 0 Å². The molecule has 0 amide bonds. The second-order valence-electron chi connectivity index (χ2n) is 5.42. The van der Waals surface area contributed by atoms with Crippen LogP contribution >= 0.6 is 0 Å². The van der Waals surface area contributed by atoms with Crippen molar-refractivity contribution in [1.82, 2.24) is 4.98 Å². The average Bonchev–Trinajstić information content (AvgIpc) is 2.42. The predicted molar refractivity (Wildman–Crippen MR) is 77.2 cm³/mol. The molecule has 6 heteroatoms. The number of aryl methyl sites for hydroxylation is 1. The summed E-state index contributed by atoms with van der Waals surface area (Å²) in [4.78, 5) is 16.7. The predicted octanol–water partition coefficient (Wildman–Crippen LogP) is 0.833. The van der Waals surface area contributed by atoms with E-state index in [0.717, 1.165) is 36.8 Å². The molecule has 0 radical (unpaired) electrons. The summed E-state index contributed by atoms with van der Waals surface area (Å²) in [6.45, 7) is 0. The zero-order chi connectivity index (χ0) is 14.8. The van der Waals surface area contributed by atoms with Crippen LogP contribution in [0.2, 0.25) is 0 Å². The van der Waals surface area contributed by atoms with E-state index in [2.05, 4.69) is 4.98 Å². The maximum Gasteiger partial charge on any atom is 0.158 e. The molecule has 2 rings (SSSR count). The van der Waals surface area contributed by atoms with Crippen LogP contribution in [-0.2, 0) is 21.1 Å². The smallest absolute Gasteiger partial charge is 0.158 e. The van der Waals surface area contributed by atoms with Gasteiger partial charge in [0.05, 0.1) is 23.4 Å². The van der Waals surface area contributed by atoms with Crippen LogP contribution in [0.3, 0.4) is 0 Å². The van der Waals surface area contributed by atoms with Crippen LogP contribution in [0.15, 0.2) is 18.3 Å². The number of hydrogen-bond acceptors (Lipinski definition) is 5. The lowest BCUT2D eigenvalue weighted by molar-refractivity contribution is -0.122. The van der Waals surface area contributed by atoms with Crippen LogP contribution in [0.1, 0.15) is 36.4 Å². The quantitative estimate of drug-likeness (QED) is 0.869. The van der Waals surface area contributed by atoms with Crippen molar-refractivity contribution in [3.63, 3.8) is 0 Å². The van der Waals surface area contributed by atoms with Crippen LogP contribution in [0.4, 0.5) is 0 Å². The number of nitrogens with two attached hydrogens (primary N) is 1. The van der Waals surface area contributed by atoms with Gasteiger partial charge in [0, 0.05) is 12.5 Å². The first-order chi connectivity index (χ1) is 9.38. The number of pyridine rings is 1. The van der Waals surface area contributed by atoms with Gasteiger partial charge >= 0.3 is 0 Å². The number of sulfone groups is 1. The third-order valence-corrected chi connectivity index (χ3v) is 4.68. The minimum absolute atomic E-state index is 0.0539. The number of carbonyl (C=O) groups is 1. The number of hydrogen-bond donors (Lipinski definition) is 1. The summed E-state index contributed by atoms with van der Waals surface area (Å²) >= 11 is 0. The third kappa shape index (κ3) is 3.64. The fourth-order valence-corrected chi connectivity index (χ4v) is 3.31. The van der Waals surface area contributed by atoms with E-state index in [1.807, 2.05) is 12.1 Å². The Kier molecular flexibility index (Phi) is 4.55. The zero-order valence-corrected chi connectivity index (χ0v) is 12.4. The van der Waals surface area contributed by atoms with Crippen LogP contribution in [0, 0.1) is 0 Å². The number of Topliss-reactive ketones (excluding diaryl/α,β-unsaturated/α-hetero) is 1. The minimum atomic E-state index is -3.09. The number of carbonyl (C=O) groups excluding carboxylic acids is 1. The molecule has 0 saturated carbocycles. The summed E-state index contributed by atoms with van der Waals surface area (Å²) in [6.07, 6.45) is 5.64. The number of aromatic nitrogens is 1. The first kappa shape index (κ1) is 15.1. The van der Waals surface area contributed by atoms with E-state index in [1.165, 1.54) is 0 Å². The van der Waals surface area contributed by atoms with Gasteiger partial charge in [-0.3, -0.25) is 9.78 Å². The lowest BCUT2D eigenvalue weighted by atomic mass is 9.81. The van der Waals surface area contributed by atoms with Crippen LogP contribution in [0.5, 0.6) is 0 Å². The molecular weight excluding hydrogens is 276 g/mol. The highest BCUT2D eigenvalue weighted by molar-refractivity contribution is 7.90. The van der Waals surface area contributed by atoms with Gasteiger partial charge in [0.25, 0.3) is 0 Å². The molecule has 2 N–H and O–H groups in total. The van der Waals surface area contributed by atoms with Gasteiger partial charge in [-0.2, -0.15) is 0 Å². The Bertz CT molecular complexity index is 598. The van der Waals surface area contributed by atoms with Gasteiger partial charge < -0.3 is 5.73 Å². The summed E-state index contributed by atoms with van der Waals surface area (Å²) < 4.78 is 22.3. The van der Waals surface area contributed by atoms with Crippen LogP contribution in [0.25, 0.3) is 0 Å². The third-order valence-electron chi connectivity index (χ3n) is 3.70. The van der Waals surface area contributed by atoms with E-state index in [1.54, 1.807) is 6.20 Å². The van der Waals surface area contributed by atoms with Crippen LogP contribution < -0.4 is 5.73 Å². The van der Waals surface area contributed by atoms with Crippen molar-refractivity contribution in [2.45, 2.75) is 37.6 Å². The van der Waals surface area contributed by atoms with Crippen LogP contribution in [-0.4, -0.2) is 37.2 Å². The monoisotopic (exact) mass is 296 g/mol. The highest BCUT2D eigenvalue weighted by atomic mass is 32.2. The zero-order valence-electron chi connectivity index (χ0n) is 11.6. The van der Waals surface area contributed by atoms with E-state index in [-0.39, 0.29) is 23.9 Å². The summed E-state index contributed by atoms with van der Waals surface area (Å²) in [5.74, 6) is -0.426. The highest BCUT2D eigenvalue weighted by Crippen LogP contribution is 2.31. The van der Waals surface area contributed by atoms with Gasteiger partial charge in [-0.1, -0.05) is 6.07 Å². The maximum absolute atomic E-state index is 12.4. The Morgan fingerprint density at radius 3 is 3.00 bits per heavy atom. The molecular formula is C14H20N2O3S. The lowest BCUT2D eigenvalue weighted by Crippen LogP contribution is -2.37. The summed E-state index contributed by atoms with van der Waals surface area (Å²) in [7, 11) is -3.09. The molecule has 2 unspecified atom stereocenters. The highest BCUT2D eigenvalue weighted by Gasteiger charge is 2.31. The number of nitrogens with zero attached hydrogens (tertiary/aromatic N) is 1. The van der Waals surface area contributed by atoms with Crippen molar-refractivity contribution in [3.05, 3.63) is 29.6 Å². The molecule has 0 fully saturated rings. The second kappa shape index (κ2) is 6.01.